The molecule has 1 amide bonds. The van der Waals surface area contributed by atoms with Gasteiger partial charge in [0.15, 0.2) is 0 Å². The van der Waals surface area contributed by atoms with Gasteiger partial charge in [-0.15, -0.1) is 0 Å². The Balaban J connectivity index is 2.13. The summed E-state index contributed by atoms with van der Waals surface area (Å²) in [6, 6.07) is 3.95. The third kappa shape index (κ3) is 3.69. The maximum atomic E-state index is 11.5. The lowest BCUT2D eigenvalue weighted by atomic mass is 9.85. The quantitative estimate of drug-likeness (QED) is 0.727. The smallest absolute Gasteiger partial charge is 0.224 e. The number of nitrogens with one attached hydrogen (secondary N) is 2. The number of carbonyl (C=O) groups is 1. The number of anilines is 3. The molecule has 0 aromatic heterocycles. The number of fused-ring (bicyclic) bond motifs is 1. The lowest BCUT2D eigenvalue weighted by Gasteiger charge is -2.26. The Morgan fingerprint density at radius 3 is 2.48 bits per heavy atom. The minimum Gasteiger partial charge on any atom is -0.397 e. The van der Waals surface area contributed by atoms with E-state index >= 15 is 0 Å². The van der Waals surface area contributed by atoms with E-state index in [0.717, 1.165) is 35.6 Å². The highest BCUT2D eigenvalue weighted by atomic mass is 16.1. The van der Waals surface area contributed by atoms with Crippen molar-refractivity contribution in [1.82, 2.24) is 0 Å². The van der Waals surface area contributed by atoms with Crippen LogP contribution < -0.4 is 16.4 Å². The number of nitrogens with two attached hydrogens (primary N) is 1. The molecule has 0 saturated heterocycles. The number of aryl methyl sites for hydroxylation is 1. The second-order valence-electron chi connectivity index (χ2n) is 6.68. The molecule has 1 aliphatic rings. The third-order valence-electron chi connectivity index (χ3n) is 4.41. The van der Waals surface area contributed by atoms with Crippen LogP contribution in [0.5, 0.6) is 0 Å². The van der Waals surface area contributed by atoms with Crippen LogP contribution in [0.3, 0.4) is 0 Å². The fraction of sp³-hybridized carbons (Fsp3) is 0.588. The van der Waals surface area contributed by atoms with E-state index in [-0.39, 0.29) is 5.91 Å². The Labute approximate surface area is 127 Å². The molecule has 0 unspecified atom stereocenters. The van der Waals surface area contributed by atoms with Gasteiger partial charge in [0.05, 0.1) is 11.4 Å². The molecule has 1 aliphatic heterocycles. The zero-order valence-corrected chi connectivity index (χ0v) is 13.5. The normalized spacial score (nSPS) is 14.5. The van der Waals surface area contributed by atoms with Crippen molar-refractivity contribution < 1.29 is 4.79 Å². The van der Waals surface area contributed by atoms with Crippen molar-refractivity contribution in [2.24, 2.45) is 17.8 Å². The first-order chi connectivity index (χ1) is 9.88. The van der Waals surface area contributed by atoms with Crippen LogP contribution >= 0.6 is 0 Å². The first kappa shape index (κ1) is 15.7. The molecule has 0 saturated carbocycles. The minimum absolute atomic E-state index is 0.0838. The molecule has 0 radical (unpaired) electrons. The Morgan fingerprint density at radius 2 is 1.86 bits per heavy atom. The molecule has 116 valence electrons. The van der Waals surface area contributed by atoms with Crippen LogP contribution in [0.25, 0.3) is 0 Å². The van der Waals surface area contributed by atoms with Crippen LogP contribution in [0.4, 0.5) is 17.1 Å². The molecule has 1 heterocycles. The topological polar surface area (TPSA) is 67.1 Å². The van der Waals surface area contributed by atoms with Gasteiger partial charge in [-0.2, -0.15) is 0 Å². The SMILES string of the molecule is CC(C)C(CNc1cc2c(cc1N)CCC(=O)N2)C(C)C. The molecule has 2 rings (SSSR count). The molecule has 4 N–H and O–H groups in total. The summed E-state index contributed by atoms with van der Waals surface area (Å²) in [4.78, 5) is 11.5. The van der Waals surface area contributed by atoms with Gasteiger partial charge in [0, 0.05) is 18.7 Å². The lowest BCUT2D eigenvalue weighted by molar-refractivity contribution is -0.116. The third-order valence-corrected chi connectivity index (χ3v) is 4.41. The molecule has 4 heteroatoms. The first-order valence-electron chi connectivity index (χ1n) is 7.84. The van der Waals surface area contributed by atoms with Crippen molar-refractivity contribution >= 4 is 23.0 Å². The second-order valence-corrected chi connectivity index (χ2v) is 6.68. The van der Waals surface area contributed by atoms with E-state index in [1.807, 2.05) is 12.1 Å². The molecule has 0 fully saturated rings. The van der Waals surface area contributed by atoms with Crippen molar-refractivity contribution in [3.63, 3.8) is 0 Å². The van der Waals surface area contributed by atoms with Crippen molar-refractivity contribution in [1.29, 1.82) is 0 Å². The standard InChI is InChI=1S/C17H27N3O/c1-10(2)13(11(3)4)9-19-16-8-15-12(7-14(16)18)5-6-17(21)20-15/h7-8,10-11,13,19H,5-6,9,18H2,1-4H3,(H,20,21). The van der Waals surface area contributed by atoms with Crippen molar-refractivity contribution in [3.05, 3.63) is 17.7 Å². The lowest BCUT2D eigenvalue weighted by Crippen LogP contribution is -2.25. The van der Waals surface area contributed by atoms with Gasteiger partial charge in [0.1, 0.15) is 0 Å². The number of nitrogen functional groups attached to an aromatic ring is 1. The van der Waals surface area contributed by atoms with Crippen LogP contribution in [-0.2, 0) is 11.2 Å². The largest absolute Gasteiger partial charge is 0.397 e. The summed E-state index contributed by atoms with van der Waals surface area (Å²) in [7, 11) is 0. The van der Waals surface area contributed by atoms with Crippen LogP contribution in [0.15, 0.2) is 12.1 Å². The van der Waals surface area contributed by atoms with E-state index in [2.05, 4.69) is 38.3 Å². The number of hydrogen-bond acceptors (Lipinski definition) is 3. The Bertz CT molecular complexity index is 515. The average molecular weight is 289 g/mol. The second kappa shape index (κ2) is 6.37. The first-order valence-corrected chi connectivity index (χ1v) is 7.84. The van der Waals surface area contributed by atoms with E-state index in [0.29, 0.717) is 24.2 Å². The predicted octanol–water partition coefficient (Wildman–Crippen LogP) is 3.49. The van der Waals surface area contributed by atoms with E-state index in [1.54, 1.807) is 0 Å². The van der Waals surface area contributed by atoms with Crippen LogP contribution in [0, 0.1) is 17.8 Å². The summed E-state index contributed by atoms with van der Waals surface area (Å²) >= 11 is 0. The summed E-state index contributed by atoms with van der Waals surface area (Å²) in [5.41, 5.74) is 9.85. The summed E-state index contributed by atoms with van der Waals surface area (Å²) in [6.45, 7) is 9.91. The zero-order valence-electron chi connectivity index (χ0n) is 13.5. The highest BCUT2D eigenvalue weighted by Crippen LogP contribution is 2.32. The van der Waals surface area contributed by atoms with E-state index in [9.17, 15) is 4.79 Å². The molecule has 1 aromatic rings. The van der Waals surface area contributed by atoms with Crippen LogP contribution in [0.2, 0.25) is 0 Å². The van der Waals surface area contributed by atoms with Gasteiger partial charge >= 0.3 is 0 Å². The highest BCUT2D eigenvalue weighted by molar-refractivity contribution is 5.95. The van der Waals surface area contributed by atoms with Crippen LogP contribution in [0.1, 0.15) is 39.7 Å². The van der Waals surface area contributed by atoms with Crippen molar-refractivity contribution in [2.75, 3.05) is 22.9 Å². The number of carbonyl (C=O) groups excluding carboxylic acids is 1. The number of hydrogen-bond donors (Lipinski definition) is 3. The molecule has 21 heavy (non-hydrogen) atoms. The van der Waals surface area contributed by atoms with Gasteiger partial charge in [0.2, 0.25) is 5.91 Å². The molecule has 0 aliphatic carbocycles. The van der Waals surface area contributed by atoms with E-state index in [1.165, 1.54) is 0 Å². The fourth-order valence-electron chi connectivity index (χ4n) is 3.07. The summed E-state index contributed by atoms with van der Waals surface area (Å²) < 4.78 is 0. The maximum Gasteiger partial charge on any atom is 0.224 e. The number of benzene rings is 1. The Morgan fingerprint density at radius 1 is 1.19 bits per heavy atom. The van der Waals surface area contributed by atoms with Gasteiger partial charge < -0.3 is 16.4 Å². The highest BCUT2D eigenvalue weighted by Gasteiger charge is 2.19. The Hall–Kier alpha value is -1.71. The van der Waals surface area contributed by atoms with Gasteiger partial charge in [-0.25, -0.2) is 0 Å². The summed E-state index contributed by atoms with van der Waals surface area (Å²) in [5.74, 6) is 1.92. The van der Waals surface area contributed by atoms with E-state index < -0.39 is 0 Å². The Kier molecular flexibility index (Phi) is 4.76. The molecule has 0 atom stereocenters. The van der Waals surface area contributed by atoms with Crippen LogP contribution in [-0.4, -0.2) is 12.5 Å². The van der Waals surface area contributed by atoms with Crippen molar-refractivity contribution in [3.8, 4) is 0 Å². The molecule has 1 aromatic carbocycles. The van der Waals surface area contributed by atoms with Gasteiger partial charge in [0.25, 0.3) is 0 Å². The summed E-state index contributed by atoms with van der Waals surface area (Å²) in [6.07, 6.45) is 1.31. The molecule has 0 bridgehead atoms. The molecule has 4 nitrogen and oxygen atoms in total. The van der Waals surface area contributed by atoms with Gasteiger partial charge in [-0.05, 0) is 41.9 Å². The zero-order chi connectivity index (χ0) is 15.6. The number of amides is 1. The molecule has 0 spiro atoms. The van der Waals surface area contributed by atoms with E-state index in [4.69, 9.17) is 5.73 Å². The van der Waals surface area contributed by atoms with Gasteiger partial charge in [-0.1, -0.05) is 27.7 Å². The summed E-state index contributed by atoms with van der Waals surface area (Å²) in [5, 5.41) is 6.39. The van der Waals surface area contributed by atoms with Gasteiger partial charge in [-0.3, -0.25) is 4.79 Å². The maximum absolute atomic E-state index is 11.5. The average Bonchev–Trinajstić information content (AvgIpc) is 2.39. The number of rotatable bonds is 5. The van der Waals surface area contributed by atoms with Crippen molar-refractivity contribution in [2.45, 2.75) is 40.5 Å². The fourth-order valence-corrected chi connectivity index (χ4v) is 3.07. The molecular weight excluding hydrogens is 262 g/mol. The monoisotopic (exact) mass is 289 g/mol. The predicted molar refractivity (Wildman–Crippen MR) is 89.5 cm³/mol. The minimum atomic E-state index is 0.0838. The molecular formula is C17H27N3O.